The van der Waals surface area contributed by atoms with Crippen LogP contribution in [0.1, 0.15) is 29.4 Å². The lowest BCUT2D eigenvalue weighted by Crippen LogP contribution is -2.09. The fourth-order valence-corrected chi connectivity index (χ4v) is 7.40. The predicted molar refractivity (Wildman–Crippen MR) is 216 cm³/mol. The summed E-state index contributed by atoms with van der Waals surface area (Å²) in [7, 11) is 0. The molecule has 0 radical (unpaired) electrons. The fourth-order valence-electron chi connectivity index (χ4n) is 7.40. The zero-order valence-electron chi connectivity index (χ0n) is 29.7. The van der Waals surface area contributed by atoms with Crippen molar-refractivity contribution in [2.24, 2.45) is 0 Å². The van der Waals surface area contributed by atoms with Gasteiger partial charge in [-0.15, -0.1) is 0 Å². The van der Waals surface area contributed by atoms with E-state index in [1.165, 1.54) is 55.5 Å². The first kappa shape index (κ1) is 32.1. The Labute approximate surface area is 301 Å². The van der Waals surface area contributed by atoms with Gasteiger partial charge in [0.25, 0.3) is 0 Å². The van der Waals surface area contributed by atoms with Crippen LogP contribution >= 0.6 is 0 Å². The highest BCUT2D eigenvalue weighted by molar-refractivity contribution is 5.95. The van der Waals surface area contributed by atoms with Gasteiger partial charge in [0.2, 0.25) is 0 Å². The van der Waals surface area contributed by atoms with Crippen LogP contribution in [0.2, 0.25) is 0 Å². The Kier molecular flexibility index (Phi) is 8.59. The summed E-state index contributed by atoms with van der Waals surface area (Å²) in [4.78, 5) is 2.34. The van der Waals surface area contributed by atoms with E-state index in [0.29, 0.717) is 0 Å². The third-order valence-electron chi connectivity index (χ3n) is 10.2. The Balaban J connectivity index is 1.18. The summed E-state index contributed by atoms with van der Waals surface area (Å²) in [5.41, 5.74) is 17.7. The highest BCUT2D eigenvalue weighted by Gasteiger charge is 2.17. The van der Waals surface area contributed by atoms with Gasteiger partial charge in [0.1, 0.15) is 11.3 Å². The van der Waals surface area contributed by atoms with Gasteiger partial charge in [-0.2, -0.15) is 0 Å². The summed E-state index contributed by atoms with van der Waals surface area (Å²) in [6, 6.07) is 59.1. The van der Waals surface area contributed by atoms with Gasteiger partial charge in [-0.1, -0.05) is 128 Å². The molecule has 0 aliphatic heterocycles. The lowest BCUT2D eigenvalue weighted by Gasteiger charge is -2.26. The summed E-state index contributed by atoms with van der Waals surface area (Å²) < 4.78 is 6.32. The van der Waals surface area contributed by atoms with Crippen molar-refractivity contribution in [3.63, 3.8) is 0 Å². The van der Waals surface area contributed by atoms with Crippen LogP contribution in [0.3, 0.4) is 0 Å². The van der Waals surface area contributed by atoms with Gasteiger partial charge in [0, 0.05) is 33.6 Å². The van der Waals surface area contributed by atoms with Crippen molar-refractivity contribution in [2.45, 2.75) is 34.1 Å². The van der Waals surface area contributed by atoms with Gasteiger partial charge in [-0.3, -0.25) is 0 Å². The first-order valence-corrected chi connectivity index (χ1v) is 17.8. The second-order valence-corrected chi connectivity index (χ2v) is 13.4. The molecule has 0 unspecified atom stereocenters. The summed E-state index contributed by atoms with van der Waals surface area (Å²) in [5.74, 6) is 1.00. The van der Waals surface area contributed by atoms with E-state index in [4.69, 9.17) is 4.42 Å². The zero-order valence-corrected chi connectivity index (χ0v) is 29.7. The number of hydrogen-bond donors (Lipinski definition) is 0. The highest BCUT2D eigenvalue weighted by atomic mass is 16.3. The van der Waals surface area contributed by atoms with Crippen LogP contribution in [0.15, 0.2) is 168 Å². The number of para-hydroxylation sites is 1. The molecule has 0 saturated carbocycles. The number of fused-ring (bicyclic) bond motifs is 1. The average molecular weight is 660 g/mol. The van der Waals surface area contributed by atoms with Gasteiger partial charge in [0.05, 0.1) is 0 Å². The van der Waals surface area contributed by atoms with E-state index >= 15 is 0 Å². The van der Waals surface area contributed by atoms with Crippen LogP contribution in [0.5, 0.6) is 0 Å². The molecule has 0 N–H and O–H groups in total. The van der Waals surface area contributed by atoms with Crippen molar-refractivity contribution in [1.29, 1.82) is 0 Å². The maximum Gasteiger partial charge on any atom is 0.142 e. The van der Waals surface area contributed by atoms with E-state index in [0.717, 1.165) is 46.0 Å². The maximum atomic E-state index is 6.32. The minimum Gasteiger partial charge on any atom is -0.460 e. The normalized spacial score (nSPS) is 11.2. The first-order valence-electron chi connectivity index (χ1n) is 17.8. The Hall–Kier alpha value is -6.12. The lowest BCUT2D eigenvalue weighted by atomic mass is 9.93. The van der Waals surface area contributed by atoms with Crippen LogP contribution in [-0.4, -0.2) is 0 Å². The number of rotatable bonds is 8. The third kappa shape index (κ3) is 6.15. The van der Waals surface area contributed by atoms with Crippen molar-refractivity contribution >= 4 is 28.0 Å². The number of hydrogen-bond acceptors (Lipinski definition) is 2. The molecule has 8 rings (SSSR count). The van der Waals surface area contributed by atoms with E-state index in [1.54, 1.807) is 0 Å². The summed E-state index contributed by atoms with van der Waals surface area (Å²) >= 11 is 0. The fraction of sp³-hybridized carbons (Fsp3) is 0.102. The molecule has 2 heteroatoms. The number of anilines is 3. The second kappa shape index (κ2) is 13.7. The lowest BCUT2D eigenvalue weighted by molar-refractivity contribution is 0.573. The molecule has 248 valence electrons. The van der Waals surface area contributed by atoms with Crippen LogP contribution in [0.25, 0.3) is 55.5 Å². The summed E-state index contributed by atoms with van der Waals surface area (Å²) in [6.45, 7) is 8.64. The Morgan fingerprint density at radius 1 is 0.431 bits per heavy atom. The number of aryl methyl sites for hydroxylation is 4. The van der Waals surface area contributed by atoms with Gasteiger partial charge < -0.3 is 9.32 Å². The van der Waals surface area contributed by atoms with Crippen LogP contribution in [0, 0.1) is 20.8 Å². The Morgan fingerprint density at radius 3 is 1.57 bits per heavy atom. The quantitative estimate of drug-likeness (QED) is 0.161. The number of furan rings is 1. The predicted octanol–water partition coefficient (Wildman–Crippen LogP) is 14.1. The van der Waals surface area contributed by atoms with E-state index in [1.807, 2.05) is 0 Å². The van der Waals surface area contributed by atoms with Crippen molar-refractivity contribution in [2.75, 3.05) is 4.90 Å². The van der Waals surface area contributed by atoms with E-state index in [2.05, 4.69) is 196 Å². The molecule has 51 heavy (non-hydrogen) atoms. The molecule has 0 amide bonds. The first-order chi connectivity index (χ1) is 25.0. The minimum atomic E-state index is 0.954. The molecular formula is C49H41NO. The van der Waals surface area contributed by atoms with Gasteiger partial charge in [0.15, 0.2) is 0 Å². The van der Waals surface area contributed by atoms with Gasteiger partial charge in [-0.25, -0.2) is 0 Å². The largest absolute Gasteiger partial charge is 0.460 e. The van der Waals surface area contributed by atoms with Crippen molar-refractivity contribution in [1.82, 2.24) is 0 Å². The number of nitrogens with zero attached hydrogens (tertiary/aromatic N) is 1. The van der Waals surface area contributed by atoms with Crippen LogP contribution in [0.4, 0.5) is 17.1 Å². The molecule has 1 aromatic heterocycles. The smallest absolute Gasteiger partial charge is 0.142 e. The Morgan fingerprint density at radius 2 is 0.941 bits per heavy atom. The molecule has 0 aliphatic carbocycles. The molecule has 8 aromatic rings. The SMILES string of the molecule is CCc1c(C)oc2c(-c3ccc(N(c4ccc(-c5ccccc5)cc4)c4ccc(-c5ccc(C)c(-c6ccccc6C)c5)cc4)cc3)cccc12. The summed E-state index contributed by atoms with van der Waals surface area (Å²) in [5, 5.41) is 1.20. The second-order valence-electron chi connectivity index (χ2n) is 13.4. The molecule has 1 heterocycles. The average Bonchev–Trinajstić information content (AvgIpc) is 3.51. The standard InChI is InChI=1S/C49H41NO/c1-5-44-35(4)51-49-46(16-11-17-47(44)49)39-24-30-43(31-25-39)50(41-26-20-37(21-27-41)36-13-7-6-8-14-36)42-28-22-38(23-29-42)40-19-18-34(3)48(32-40)45-15-10-9-12-33(45)2/h6-32H,5H2,1-4H3. The van der Waals surface area contributed by atoms with Crippen molar-refractivity contribution < 1.29 is 4.42 Å². The third-order valence-corrected chi connectivity index (χ3v) is 10.2. The van der Waals surface area contributed by atoms with Crippen LogP contribution < -0.4 is 4.90 Å². The summed E-state index contributed by atoms with van der Waals surface area (Å²) in [6.07, 6.45) is 0.954. The molecule has 7 aromatic carbocycles. The molecule has 0 spiro atoms. The topological polar surface area (TPSA) is 16.4 Å². The van der Waals surface area contributed by atoms with Crippen molar-refractivity contribution in [3.8, 4) is 44.5 Å². The highest BCUT2D eigenvalue weighted by Crippen LogP contribution is 2.40. The van der Waals surface area contributed by atoms with Crippen LogP contribution in [-0.2, 0) is 6.42 Å². The minimum absolute atomic E-state index is 0.954. The van der Waals surface area contributed by atoms with E-state index < -0.39 is 0 Å². The van der Waals surface area contributed by atoms with Gasteiger partial charge >= 0.3 is 0 Å². The molecule has 0 bridgehead atoms. The Bertz CT molecular complexity index is 2450. The number of benzene rings is 7. The maximum absolute atomic E-state index is 6.32. The molecule has 2 nitrogen and oxygen atoms in total. The zero-order chi connectivity index (χ0) is 34.9. The van der Waals surface area contributed by atoms with Gasteiger partial charge in [-0.05, 0) is 120 Å². The molecule has 0 saturated heterocycles. The monoisotopic (exact) mass is 659 g/mol. The van der Waals surface area contributed by atoms with E-state index in [9.17, 15) is 0 Å². The van der Waals surface area contributed by atoms with E-state index in [-0.39, 0.29) is 0 Å². The molecule has 0 atom stereocenters. The molecule has 0 fully saturated rings. The van der Waals surface area contributed by atoms with Crippen molar-refractivity contribution in [3.05, 3.63) is 186 Å². The molecular weight excluding hydrogens is 619 g/mol. The molecule has 0 aliphatic rings.